The predicted molar refractivity (Wildman–Crippen MR) is 72.8 cm³/mol. The van der Waals surface area contributed by atoms with E-state index in [1.54, 1.807) is 0 Å². The molecule has 0 spiro atoms. The van der Waals surface area contributed by atoms with Gasteiger partial charge in [-0.25, -0.2) is 9.67 Å². The Morgan fingerprint density at radius 1 is 1.17 bits per heavy atom. The van der Waals surface area contributed by atoms with Crippen molar-refractivity contribution in [3.05, 3.63) is 11.6 Å². The second kappa shape index (κ2) is 9.05. The second-order valence-corrected chi connectivity index (χ2v) is 4.17. The highest BCUT2D eigenvalue weighted by molar-refractivity contribution is 4.92. The van der Waals surface area contributed by atoms with E-state index in [-0.39, 0.29) is 0 Å². The summed E-state index contributed by atoms with van der Waals surface area (Å²) in [5.41, 5.74) is 0. The molecule has 1 N–H and O–H groups in total. The van der Waals surface area contributed by atoms with Crippen molar-refractivity contribution in [2.24, 2.45) is 0 Å². The maximum Gasteiger partial charge on any atom is 0.150 e. The molecule has 0 saturated heterocycles. The van der Waals surface area contributed by atoms with Crippen LogP contribution in [0.4, 0.5) is 0 Å². The van der Waals surface area contributed by atoms with E-state index in [0.717, 1.165) is 63.8 Å². The molecule has 0 atom stereocenters. The molecule has 0 fully saturated rings. The van der Waals surface area contributed by atoms with E-state index < -0.39 is 0 Å². The molecule has 1 aromatic rings. The summed E-state index contributed by atoms with van der Waals surface area (Å²) in [6, 6.07) is 0. The summed E-state index contributed by atoms with van der Waals surface area (Å²) in [5, 5.41) is 7.89. The number of nitrogens with one attached hydrogen (secondary N) is 1. The average molecular weight is 254 g/mol. The Bertz CT molecular complexity index is 325. The van der Waals surface area contributed by atoms with Crippen LogP contribution in [-0.4, -0.2) is 41.1 Å². The molecule has 1 heterocycles. The first-order valence-electron chi connectivity index (χ1n) is 7.02. The smallest absolute Gasteiger partial charge is 0.150 e. The van der Waals surface area contributed by atoms with Gasteiger partial charge in [0.2, 0.25) is 0 Å². The average Bonchev–Trinajstić information content (AvgIpc) is 2.80. The number of hydrogen-bond acceptors (Lipinski definition) is 4. The van der Waals surface area contributed by atoms with Crippen molar-refractivity contribution in [1.82, 2.24) is 20.1 Å². The topological polar surface area (TPSA) is 52.0 Å². The van der Waals surface area contributed by atoms with Crippen molar-refractivity contribution in [2.45, 2.75) is 46.6 Å². The van der Waals surface area contributed by atoms with Gasteiger partial charge in [-0.05, 0) is 19.9 Å². The summed E-state index contributed by atoms with van der Waals surface area (Å²) in [6.07, 6.45) is 2.91. The van der Waals surface area contributed by atoms with Crippen LogP contribution in [0.2, 0.25) is 0 Å². The van der Waals surface area contributed by atoms with Crippen LogP contribution in [0.5, 0.6) is 0 Å². The molecule has 0 amide bonds. The molecule has 1 rings (SSSR count). The third-order valence-electron chi connectivity index (χ3n) is 2.77. The Morgan fingerprint density at radius 3 is 2.67 bits per heavy atom. The summed E-state index contributed by atoms with van der Waals surface area (Å²) in [6.45, 7) is 10.7. The zero-order valence-electron chi connectivity index (χ0n) is 11.9. The molecule has 1 aromatic heterocycles. The molecule has 0 aliphatic heterocycles. The van der Waals surface area contributed by atoms with Gasteiger partial charge in [0.15, 0.2) is 5.82 Å². The molecule has 5 heteroatoms. The van der Waals surface area contributed by atoms with Crippen molar-refractivity contribution in [3.63, 3.8) is 0 Å². The molecular weight excluding hydrogens is 228 g/mol. The number of rotatable bonds is 10. The molecule has 0 saturated carbocycles. The number of aromatic nitrogens is 3. The lowest BCUT2D eigenvalue weighted by Crippen LogP contribution is -2.23. The minimum Gasteiger partial charge on any atom is -0.382 e. The highest BCUT2D eigenvalue weighted by Crippen LogP contribution is 2.00. The van der Waals surface area contributed by atoms with Gasteiger partial charge in [-0.15, -0.1) is 0 Å². The molecule has 0 aliphatic carbocycles. The Kier molecular flexibility index (Phi) is 7.60. The first-order chi connectivity index (χ1) is 8.81. The lowest BCUT2D eigenvalue weighted by Gasteiger charge is -2.06. The van der Waals surface area contributed by atoms with Crippen LogP contribution in [0, 0.1) is 0 Å². The van der Waals surface area contributed by atoms with E-state index in [9.17, 15) is 0 Å². The largest absolute Gasteiger partial charge is 0.382 e. The molecule has 0 bridgehead atoms. The van der Waals surface area contributed by atoms with Gasteiger partial charge in [0.25, 0.3) is 0 Å². The lowest BCUT2D eigenvalue weighted by molar-refractivity contribution is 0.144. The van der Waals surface area contributed by atoms with Crippen molar-refractivity contribution in [1.29, 1.82) is 0 Å². The van der Waals surface area contributed by atoms with E-state index in [0.29, 0.717) is 0 Å². The number of hydrogen-bond donors (Lipinski definition) is 1. The van der Waals surface area contributed by atoms with E-state index in [1.165, 1.54) is 0 Å². The van der Waals surface area contributed by atoms with Gasteiger partial charge < -0.3 is 10.1 Å². The molecule has 18 heavy (non-hydrogen) atoms. The van der Waals surface area contributed by atoms with Crippen molar-refractivity contribution in [3.8, 4) is 0 Å². The van der Waals surface area contributed by atoms with Gasteiger partial charge in [0, 0.05) is 32.6 Å². The number of aryl methyl sites for hydroxylation is 2. The van der Waals surface area contributed by atoms with E-state index >= 15 is 0 Å². The van der Waals surface area contributed by atoms with Crippen LogP contribution in [0.1, 0.15) is 38.8 Å². The monoisotopic (exact) mass is 254 g/mol. The summed E-state index contributed by atoms with van der Waals surface area (Å²) < 4.78 is 7.31. The minimum absolute atomic E-state index is 0.804. The second-order valence-electron chi connectivity index (χ2n) is 4.17. The molecule has 104 valence electrons. The van der Waals surface area contributed by atoms with E-state index in [2.05, 4.69) is 29.2 Å². The Morgan fingerprint density at radius 2 is 2.00 bits per heavy atom. The fourth-order valence-corrected chi connectivity index (χ4v) is 1.77. The Labute approximate surface area is 110 Å². The fraction of sp³-hybridized carbons (Fsp3) is 0.846. The maximum atomic E-state index is 5.29. The zero-order chi connectivity index (χ0) is 13.2. The molecule has 0 unspecified atom stereocenters. The molecule has 0 aromatic carbocycles. The third-order valence-corrected chi connectivity index (χ3v) is 2.77. The Balaban J connectivity index is 2.20. The minimum atomic E-state index is 0.804. The van der Waals surface area contributed by atoms with Gasteiger partial charge in [-0.2, -0.15) is 5.10 Å². The first-order valence-corrected chi connectivity index (χ1v) is 7.02. The highest BCUT2D eigenvalue weighted by atomic mass is 16.5. The maximum absolute atomic E-state index is 5.29. The summed E-state index contributed by atoms with van der Waals surface area (Å²) >= 11 is 0. The van der Waals surface area contributed by atoms with Gasteiger partial charge in [-0.3, -0.25) is 0 Å². The van der Waals surface area contributed by atoms with Crippen LogP contribution in [0.25, 0.3) is 0 Å². The molecular formula is C13H26N4O. The normalized spacial score (nSPS) is 11.1. The van der Waals surface area contributed by atoms with E-state index in [4.69, 9.17) is 4.74 Å². The van der Waals surface area contributed by atoms with Crippen molar-refractivity contribution in [2.75, 3.05) is 26.3 Å². The molecule has 5 nitrogen and oxygen atoms in total. The van der Waals surface area contributed by atoms with Crippen LogP contribution in [0.15, 0.2) is 0 Å². The quantitative estimate of drug-likeness (QED) is 0.642. The van der Waals surface area contributed by atoms with Gasteiger partial charge in [0.1, 0.15) is 5.82 Å². The fourth-order valence-electron chi connectivity index (χ4n) is 1.77. The number of ether oxygens (including phenoxy) is 1. The van der Waals surface area contributed by atoms with Gasteiger partial charge in [-0.1, -0.05) is 13.8 Å². The van der Waals surface area contributed by atoms with Crippen LogP contribution in [-0.2, 0) is 24.1 Å². The molecule has 0 aliphatic rings. The standard InChI is InChI=1S/C13H26N4O/c1-4-12-15-13(5-2)17(16-12)10-9-14-8-7-11-18-6-3/h14H,4-11H2,1-3H3. The predicted octanol–water partition coefficient (Wildman–Crippen LogP) is 1.42. The third kappa shape index (κ3) is 5.14. The van der Waals surface area contributed by atoms with Gasteiger partial charge in [0.05, 0.1) is 6.54 Å². The first kappa shape index (κ1) is 15.1. The van der Waals surface area contributed by atoms with Crippen LogP contribution < -0.4 is 5.32 Å². The summed E-state index contributed by atoms with van der Waals surface area (Å²) in [7, 11) is 0. The highest BCUT2D eigenvalue weighted by Gasteiger charge is 2.05. The summed E-state index contributed by atoms with van der Waals surface area (Å²) in [5.74, 6) is 2.03. The van der Waals surface area contributed by atoms with Gasteiger partial charge >= 0.3 is 0 Å². The zero-order valence-corrected chi connectivity index (χ0v) is 11.9. The number of nitrogens with zero attached hydrogens (tertiary/aromatic N) is 3. The Hall–Kier alpha value is -0.940. The van der Waals surface area contributed by atoms with E-state index in [1.807, 2.05) is 11.6 Å². The molecule has 0 radical (unpaired) electrons. The van der Waals surface area contributed by atoms with Crippen molar-refractivity contribution >= 4 is 0 Å². The SMILES string of the molecule is CCOCCCNCCn1nc(CC)nc1CC. The van der Waals surface area contributed by atoms with Crippen LogP contribution >= 0.6 is 0 Å². The lowest BCUT2D eigenvalue weighted by atomic mass is 10.4. The van der Waals surface area contributed by atoms with Crippen molar-refractivity contribution < 1.29 is 4.74 Å². The summed E-state index contributed by atoms with van der Waals surface area (Å²) in [4.78, 5) is 4.49. The van der Waals surface area contributed by atoms with Crippen LogP contribution in [0.3, 0.4) is 0 Å².